The molecule has 116 valence electrons. The number of rotatable bonds is 2. The van der Waals surface area contributed by atoms with Gasteiger partial charge in [0.15, 0.2) is 5.78 Å². The van der Waals surface area contributed by atoms with Crippen LogP contribution in [0.25, 0.3) is 6.08 Å². The number of allylic oxidation sites excluding steroid dienone is 1. The van der Waals surface area contributed by atoms with Crippen LogP contribution in [0.2, 0.25) is 0 Å². The van der Waals surface area contributed by atoms with Crippen molar-refractivity contribution in [2.75, 3.05) is 0 Å². The molecule has 4 rings (SSSR count). The van der Waals surface area contributed by atoms with Crippen molar-refractivity contribution in [3.63, 3.8) is 0 Å². The SMILES string of the molecule is Cc1ccc(/C=C2\C(=O)c3ccccc3C2c2ccccc2)cc1. The van der Waals surface area contributed by atoms with Crippen LogP contribution < -0.4 is 0 Å². The van der Waals surface area contributed by atoms with Crippen LogP contribution in [0.1, 0.15) is 38.5 Å². The van der Waals surface area contributed by atoms with Gasteiger partial charge in [-0.2, -0.15) is 0 Å². The number of fused-ring (bicyclic) bond motifs is 1. The highest BCUT2D eigenvalue weighted by atomic mass is 16.1. The number of aryl methyl sites for hydroxylation is 1. The molecular formula is C23H18O. The van der Waals surface area contributed by atoms with Crippen molar-refractivity contribution in [3.05, 3.63) is 112 Å². The Morgan fingerprint density at radius 1 is 0.792 bits per heavy atom. The zero-order valence-electron chi connectivity index (χ0n) is 13.6. The monoisotopic (exact) mass is 310 g/mol. The predicted octanol–water partition coefficient (Wildman–Crippen LogP) is 5.41. The molecule has 1 unspecified atom stereocenters. The average Bonchev–Trinajstić information content (AvgIpc) is 2.90. The fourth-order valence-corrected chi connectivity index (χ4v) is 3.41. The summed E-state index contributed by atoms with van der Waals surface area (Å²) in [5.41, 5.74) is 6.23. The van der Waals surface area contributed by atoms with Crippen LogP contribution >= 0.6 is 0 Å². The van der Waals surface area contributed by atoms with E-state index >= 15 is 0 Å². The topological polar surface area (TPSA) is 17.1 Å². The molecule has 3 aromatic carbocycles. The molecule has 1 atom stereocenters. The zero-order chi connectivity index (χ0) is 16.5. The smallest absolute Gasteiger partial charge is 0.190 e. The summed E-state index contributed by atoms with van der Waals surface area (Å²) in [7, 11) is 0. The first kappa shape index (κ1) is 14.6. The minimum absolute atomic E-state index is 0.0104. The highest BCUT2D eigenvalue weighted by Crippen LogP contribution is 2.42. The highest BCUT2D eigenvalue weighted by Gasteiger charge is 2.34. The lowest BCUT2D eigenvalue weighted by molar-refractivity contribution is 0.103. The van der Waals surface area contributed by atoms with Crippen LogP contribution in [0.15, 0.2) is 84.4 Å². The van der Waals surface area contributed by atoms with Crippen LogP contribution in [0.3, 0.4) is 0 Å². The summed E-state index contributed by atoms with van der Waals surface area (Å²) in [5.74, 6) is 0.149. The Labute approximate surface area is 142 Å². The Hall–Kier alpha value is -2.93. The minimum Gasteiger partial charge on any atom is -0.289 e. The molecule has 0 aliphatic heterocycles. The van der Waals surface area contributed by atoms with Crippen LogP contribution in [-0.4, -0.2) is 5.78 Å². The molecule has 0 heterocycles. The Kier molecular flexibility index (Phi) is 3.62. The molecule has 0 saturated carbocycles. The minimum atomic E-state index is 0.0104. The average molecular weight is 310 g/mol. The molecule has 0 saturated heterocycles. The molecule has 1 heteroatoms. The zero-order valence-corrected chi connectivity index (χ0v) is 13.6. The van der Waals surface area contributed by atoms with Crippen molar-refractivity contribution in [2.45, 2.75) is 12.8 Å². The largest absolute Gasteiger partial charge is 0.289 e. The maximum atomic E-state index is 13.0. The molecule has 0 N–H and O–H groups in total. The van der Waals surface area contributed by atoms with Crippen molar-refractivity contribution in [1.29, 1.82) is 0 Å². The number of hydrogen-bond donors (Lipinski definition) is 0. The van der Waals surface area contributed by atoms with Crippen LogP contribution in [0.4, 0.5) is 0 Å². The molecule has 0 radical (unpaired) electrons. The fraction of sp³-hybridized carbons (Fsp3) is 0.0870. The van der Waals surface area contributed by atoms with Crippen molar-refractivity contribution in [3.8, 4) is 0 Å². The van der Waals surface area contributed by atoms with Gasteiger partial charge in [-0.25, -0.2) is 0 Å². The number of benzene rings is 3. The molecule has 0 fully saturated rings. The van der Waals surface area contributed by atoms with E-state index in [1.807, 2.05) is 42.5 Å². The van der Waals surface area contributed by atoms with Crippen molar-refractivity contribution < 1.29 is 4.79 Å². The van der Waals surface area contributed by atoms with E-state index in [2.05, 4.69) is 49.4 Å². The quantitative estimate of drug-likeness (QED) is 0.579. The third-order valence-corrected chi connectivity index (χ3v) is 4.62. The molecule has 0 bridgehead atoms. The van der Waals surface area contributed by atoms with Gasteiger partial charge in [-0.1, -0.05) is 84.4 Å². The summed E-state index contributed by atoms with van der Waals surface area (Å²) in [6, 6.07) is 26.5. The van der Waals surface area contributed by atoms with Gasteiger partial charge in [0.2, 0.25) is 0 Å². The van der Waals surface area contributed by atoms with E-state index in [1.54, 1.807) is 0 Å². The van der Waals surface area contributed by atoms with Gasteiger partial charge in [-0.15, -0.1) is 0 Å². The van der Waals surface area contributed by atoms with Gasteiger partial charge < -0.3 is 0 Å². The third kappa shape index (κ3) is 2.48. The van der Waals surface area contributed by atoms with Gasteiger partial charge in [-0.3, -0.25) is 4.79 Å². The fourth-order valence-electron chi connectivity index (χ4n) is 3.41. The second-order valence-corrected chi connectivity index (χ2v) is 6.27. The Balaban J connectivity index is 1.88. The van der Waals surface area contributed by atoms with Crippen LogP contribution in [0.5, 0.6) is 0 Å². The Bertz CT molecular complexity index is 918. The van der Waals surface area contributed by atoms with Gasteiger partial charge in [0.05, 0.1) is 0 Å². The third-order valence-electron chi connectivity index (χ3n) is 4.62. The van der Waals surface area contributed by atoms with E-state index in [9.17, 15) is 4.79 Å². The van der Waals surface area contributed by atoms with Gasteiger partial charge in [-0.05, 0) is 29.7 Å². The summed E-state index contributed by atoms with van der Waals surface area (Å²) in [5, 5.41) is 0. The molecule has 1 aliphatic rings. The standard InChI is InChI=1S/C23H18O/c1-16-11-13-17(14-12-16)15-21-22(18-7-3-2-4-8-18)19-9-5-6-10-20(19)23(21)24/h2-15,22H,1H3/b21-15-. The molecule has 0 spiro atoms. The van der Waals surface area contributed by atoms with E-state index in [0.717, 1.165) is 27.8 Å². The van der Waals surface area contributed by atoms with Crippen molar-refractivity contribution in [1.82, 2.24) is 0 Å². The summed E-state index contributed by atoms with van der Waals surface area (Å²) in [4.78, 5) is 13.0. The van der Waals surface area contributed by atoms with E-state index in [-0.39, 0.29) is 11.7 Å². The van der Waals surface area contributed by atoms with Gasteiger partial charge in [0.1, 0.15) is 0 Å². The molecule has 0 amide bonds. The van der Waals surface area contributed by atoms with Gasteiger partial charge in [0, 0.05) is 17.1 Å². The van der Waals surface area contributed by atoms with Gasteiger partial charge in [0.25, 0.3) is 0 Å². The maximum absolute atomic E-state index is 13.0. The number of hydrogen-bond acceptors (Lipinski definition) is 1. The number of carbonyl (C=O) groups is 1. The Morgan fingerprint density at radius 2 is 1.46 bits per heavy atom. The molecule has 0 aromatic heterocycles. The lowest BCUT2D eigenvalue weighted by Crippen LogP contribution is -2.02. The molecule has 1 aliphatic carbocycles. The first-order valence-corrected chi connectivity index (χ1v) is 8.21. The maximum Gasteiger partial charge on any atom is 0.190 e. The van der Waals surface area contributed by atoms with E-state index < -0.39 is 0 Å². The van der Waals surface area contributed by atoms with Crippen LogP contribution in [-0.2, 0) is 0 Å². The van der Waals surface area contributed by atoms with Crippen molar-refractivity contribution >= 4 is 11.9 Å². The lowest BCUT2D eigenvalue weighted by atomic mass is 9.89. The predicted molar refractivity (Wildman–Crippen MR) is 98.2 cm³/mol. The Morgan fingerprint density at radius 3 is 2.21 bits per heavy atom. The summed E-state index contributed by atoms with van der Waals surface area (Å²) >= 11 is 0. The van der Waals surface area contributed by atoms with E-state index in [0.29, 0.717) is 0 Å². The normalized spacial score (nSPS) is 18.0. The molecular weight excluding hydrogens is 292 g/mol. The summed E-state index contributed by atoms with van der Waals surface area (Å²) < 4.78 is 0. The number of carbonyl (C=O) groups excluding carboxylic acids is 1. The molecule has 1 nitrogen and oxygen atoms in total. The highest BCUT2D eigenvalue weighted by molar-refractivity contribution is 6.17. The summed E-state index contributed by atoms with van der Waals surface area (Å²) in [6.07, 6.45) is 2.04. The second-order valence-electron chi connectivity index (χ2n) is 6.27. The first-order valence-electron chi connectivity index (χ1n) is 8.21. The first-order chi connectivity index (χ1) is 11.7. The number of Topliss-reactive ketones (excluding diaryl/α,β-unsaturated/α-hetero) is 1. The van der Waals surface area contributed by atoms with Gasteiger partial charge >= 0.3 is 0 Å². The number of ketones is 1. The molecule has 3 aromatic rings. The van der Waals surface area contributed by atoms with Crippen molar-refractivity contribution in [2.24, 2.45) is 0 Å². The second kappa shape index (κ2) is 5.93. The summed E-state index contributed by atoms with van der Waals surface area (Å²) in [6.45, 7) is 2.07. The van der Waals surface area contributed by atoms with Crippen LogP contribution in [0, 0.1) is 6.92 Å². The molecule has 24 heavy (non-hydrogen) atoms. The van der Waals surface area contributed by atoms with E-state index in [4.69, 9.17) is 0 Å². The lowest BCUT2D eigenvalue weighted by Gasteiger charge is -2.13. The van der Waals surface area contributed by atoms with E-state index in [1.165, 1.54) is 5.56 Å².